The SMILES string of the molecule is N=C(N=C([OH2+])C(F)(F)F)c1ccc(C(=O)O)cc1. The molecule has 1 rings (SSSR count). The first kappa shape index (κ1) is 13.7. The molecule has 0 amide bonds. The molecule has 0 saturated heterocycles. The molecular weight excluding hydrogens is 253 g/mol. The average Bonchev–Trinajstić information content (AvgIpc) is 2.27. The van der Waals surface area contributed by atoms with Crippen molar-refractivity contribution in [2.75, 3.05) is 0 Å². The number of benzene rings is 1. The second-order valence-corrected chi connectivity index (χ2v) is 3.19. The van der Waals surface area contributed by atoms with Crippen LogP contribution in [0.15, 0.2) is 29.3 Å². The lowest BCUT2D eigenvalue weighted by molar-refractivity contribution is -0.0726. The molecule has 0 aliphatic carbocycles. The summed E-state index contributed by atoms with van der Waals surface area (Å²) in [6.45, 7) is 0. The summed E-state index contributed by atoms with van der Waals surface area (Å²) in [5, 5.41) is 22.5. The van der Waals surface area contributed by atoms with Crippen molar-refractivity contribution in [2.24, 2.45) is 4.99 Å². The van der Waals surface area contributed by atoms with Crippen LogP contribution in [-0.2, 0) is 0 Å². The number of halogens is 3. The van der Waals surface area contributed by atoms with Crippen molar-refractivity contribution >= 4 is 17.7 Å². The Labute approximate surface area is 98.7 Å². The number of aromatic carboxylic acids is 1. The molecule has 0 atom stereocenters. The quantitative estimate of drug-likeness (QED) is 0.478. The predicted molar refractivity (Wildman–Crippen MR) is 57.3 cm³/mol. The number of nitrogens with one attached hydrogen (secondary N) is 1. The Bertz CT molecular complexity index is 506. The smallest absolute Gasteiger partial charge is 0.522 e. The third kappa shape index (κ3) is 3.30. The second-order valence-electron chi connectivity index (χ2n) is 3.19. The number of alkyl halides is 3. The van der Waals surface area contributed by atoms with Gasteiger partial charge in [-0.05, 0) is 12.1 Å². The average molecular weight is 261 g/mol. The molecule has 0 aromatic heterocycles. The monoisotopic (exact) mass is 261 g/mol. The Morgan fingerprint density at radius 2 is 1.67 bits per heavy atom. The van der Waals surface area contributed by atoms with Crippen molar-refractivity contribution in [1.29, 1.82) is 5.41 Å². The fraction of sp³-hybridized carbons (Fsp3) is 0.100. The Kier molecular flexibility index (Phi) is 3.70. The van der Waals surface area contributed by atoms with E-state index in [9.17, 15) is 18.0 Å². The summed E-state index contributed by atoms with van der Waals surface area (Å²) in [5.41, 5.74) is -0.0635. The van der Waals surface area contributed by atoms with Gasteiger partial charge in [0.05, 0.1) is 5.56 Å². The highest BCUT2D eigenvalue weighted by atomic mass is 19.4. The lowest BCUT2D eigenvalue weighted by atomic mass is 10.1. The molecule has 18 heavy (non-hydrogen) atoms. The largest absolute Gasteiger partial charge is 0.575 e. The number of rotatable bonds is 2. The van der Waals surface area contributed by atoms with E-state index < -0.39 is 23.9 Å². The fourth-order valence-electron chi connectivity index (χ4n) is 1.01. The molecule has 0 aliphatic rings. The number of nitrogens with zero attached hydrogens (tertiary/aromatic N) is 1. The molecule has 0 heterocycles. The number of carboxylic acid groups (broad SMARTS) is 1. The molecule has 4 N–H and O–H groups in total. The Morgan fingerprint density at radius 3 is 2.06 bits per heavy atom. The summed E-state index contributed by atoms with van der Waals surface area (Å²) < 4.78 is 36.0. The first-order valence-electron chi connectivity index (χ1n) is 4.51. The highest BCUT2D eigenvalue weighted by Crippen LogP contribution is 2.16. The zero-order valence-corrected chi connectivity index (χ0v) is 8.75. The summed E-state index contributed by atoms with van der Waals surface area (Å²) in [7, 11) is 0. The molecule has 96 valence electrons. The van der Waals surface area contributed by atoms with Crippen LogP contribution in [0.25, 0.3) is 0 Å². The number of carbonyl (C=O) groups is 1. The maximum absolute atomic E-state index is 12.0. The molecule has 8 heteroatoms. The van der Waals surface area contributed by atoms with Gasteiger partial charge in [-0.3, -0.25) is 5.41 Å². The zero-order valence-electron chi connectivity index (χ0n) is 8.75. The van der Waals surface area contributed by atoms with Gasteiger partial charge in [-0.15, -0.1) is 4.99 Å². The van der Waals surface area contributed by atoms with Gasteiger partial charge in [0.2, 0.25) is 0 Å². The van der Waals surface area contributed by atoms with E-state index in [1.807, 2.05) is 0 Å². The number of aliphatic imine (C=N–C) groups is 1. The van der Waals surface area contributed by atoms with Crippen molar-refractivity contribution in [2.45, 2.75) is 6.18 Å². The van der Waals surface area contributed by atoms with Crippen LogP contribution in [0.5, 0.6) is 0 Å². The van der Waals surface area contributed by atoms with Crippen LogP contribution in [0.1, 0.15) is 15.9 Å². The zero-order chi connectivity index (χ0) is 13.9. The van der Waals surface area contributed by atoms with Crippen LogP contribution < -0.4 is 0 Å². The Hall–Kier alpha value is -2.38. The highest BCUT2D eigenvalue weighted by molar-refractivity contribution is 6.04. The number of amidine groups is 1. The van der Waals surface area contributed by atoms with Crippen molar-refractivity contribution < 1.29 is 28.2 Å². The van der Waals surface area contributed by atoms with Crippen LogP contribution in [0.2, 0.25) is 0 Å². The number of hydrogen-bond acceptors (Lipinski definition) is 2. The number of carboxylic acids is 1. The minimum absolute atomic E-state index is 0.00556. The van der Waals surface area contributed by atoms with Crippen LogP contribution >= 0.6 is 0 Å². The van der Waals surface area contributed by atoms with E-state index in [2.05, 4.69) is 4.99 Å². The van der Waals surface area contributed by atoms with Crippen molar-refractivity contribution in [3.8, 4) is 0 Å². The van der Waals surface area contributed by atoms with E-state index in [0.717, 1.165) is 24.3 Å². The summed E-state index contributed by atoms with van der Waals surface area (Å²) >= 11 is 0. The van der Waals surface area contributed by atoms with E-state index >= 15 is 0 Å². The third-order valence-electron chi connectivity index (χ3n) is 1.90. The third-order valence-corrected chi connectivity index (χ3v) is 1.90. The summed E-state index contributed by atoms with van der Waals surface area (Å²) in [5.74, 6) is -3.82. The fourth-order valence-corrected chi connectivity index (χ4v) is 1.01. The molecule has 0 spiro atoms. The van der Waals surface area contributed by atoms with Crippen LogP contribution in [0.3, 0.4) is 0 Å². The van der Waals surface area contributed by atoms with E-state index in [1.54, 1.807) is 0 Å². The number of hydrogen-bond donors (Lipinski definition) is 2. The Balaban J connectivity index is 2.96. The van der Waals surface area contributed by atoms with Crippen LogP contribution in [0, 0.1) is 5.41 Å². The molecule has 0 bridgehead atoms. The lowest BCUT2D eigenvalue weighted by Crippen LogP contribution is -2.23. The summed E-state index contributed by atoms with van der Waals surface area (Å²) in [6.07, 6.45) is -4.91. The second kappa shape index (κ2) is 4.86. The Morgan fingerprint density at radius 1 is 1.22 bits per heavy atom. The van der Waals surface area contributed by atoms with E-state index in [1.165, 1.54) is 0 Å². The van der Waals surface area contributed by atoms with Gasteiger partial charge in [0.25, 0.3) is 0 Å². The summed E-state index contributed by atoms with van der Waals surface area (Å²) in [4.78, 5) is 13.3. The minimum Gasteiger partial charge on any atom is -0.575 e. The molecule has 1 aromatic carbocycles. The van der Waals surface area contributed by atoms with E-state index in [-0.39, 0.29) is 11.1 Å². The minimum atomic E-state index is -4.91. The lowest BCUT2D eigenvalue weighted by Gasteiger charge is -2.01. The van der Waals surface area contributed by atoms with Gasteiger partial charge in [-0.1, -0.05) is 12.1 Å². The van der Waals surface area contributed by atoms with Crippen molar-refractivity contribution in [3.63, 3.8) is 0 Å². The molecule has 0 aliphatic heterocycles. The standard InChI is InChI=1S/C10H7F3N2O3/c11-10(12,13)9(18)15-7(14)5-1-3-6(4-2-5)8(16)17/h1-4H,(H,16,17)(H2,14,15,18)/p+1. The van der Waals surface area contributed by atoms with E-state index in [4.69, 9.17) is 15.6 Å². The van der Waals surface area contributed by atoms with Crippen molar-refractivity contribution in [1.82, 2.24) is 0 Å². The molecule has 0 fully saturated rings. The summed E-state index contributed by atoms with van der Waals surface area (Å²) in [6, 6.07) is 4.58. The molecule has 0 unspecified atom stereocenters. The van der Waals surface area contributed by atoms with Gasteiger partial charge < -0.3 is 10.2 Å². The van der Waals surface area contributed by atoms with Gasteiger partial charge in [0, 0.05) is 5.56 Å². The topological polar surface area (TPSA) is 96.4 Å². The molecule has 5 nitrogen and oxygen atoms in total. The highest BCUT2D eigenvalue weighted by Gasteiger charge is 2.42. The maximum atomic E-state index is 12.0. The van der Waals surface area contributed by atoms with Gasteiger partial charge >= 0.3 is 18.0 Å². The van der Waals surface area contributed by atoms with Gasteiger partial charge in [0.1, 0.15) is 0 Å². The predicted octanol–water partition coefficient (Wildman–Crippen LogP) is 1.40. The van der Waals surface area contributed by atoms with Gasteiger partial charge in [-0.25, -0.2) is 4.79 Å². The van der Waals surface area contributed by atoms with Gasteiger partial charge in [0.15, 0.2) is 5.84 Å². The van der Waals surface area contributed by atoms with Gasteiger partial charge in [-0.2, -0.15) is 13.2 Å². The van der Waals surface area contributed by atoms with Crippen molar-refractivity contribution in [3.05, 3.63) is 35.4 Å². The first-order chi connectivity index (χ1) is 8.21. The first-order valence-corrected chi connectivity index (χ1v) is 4.51. The molecule has 1 aromatic rings. The molecular formula is C10H8F3N2O3+. The maximum Gasteiger partial charge on any atom is 0.522 e. The normalized spacial score (nSPS) is 12.3. The van der Waals surface area contributed by atoms with E-state index in [0.29, 0.717) is 0 Å². The molecule has 0 radical (unpaired) electrons. The van der Waals surface area contributed by atoms with Crippen LogP contribution in [0.4, 0.5) is 13.2 Å². The van der Waals surface area contributed by atoms with Crippen LogP contribution in [-0.4, -0.2) is 34.1 Å². The molecule has 0 saturated carbocycles.